The average molecular weight is 431 g/mol. The second kappa shape index (κ2) is 7.17. The molecule has 3 rings (SSSR count). The van der Waals surface area contributed by atoms with E-state index in [0.29, 0.717) is 47.5 Å². The van der Waals surface area contributed by atoms with E-state index >= 15 is 0 Å². The third-order valence-electron chi connectivity index (χ3n) is 3.84. The fraction of sp³-hybridized carbons (Fsp3) is 0.250. The van der Waals surface area contributed by atoms with Crippen LogP contribution in [-0.2, 0) is 0 Å². The molecule has 1 fully saturated rings. The van der Waals surface area contributed by atoms with Crippen molar-refractivity contribution in [1.29, 1.82) is 0 Å². The van der Waals surface area contributed by atoms with Crippen LogP contribution in [0.2, 0.25) is 10.0 Å². The van der Waals surface area contributed by atoms with Gasteiger partial charge in [0.2, 0.25) is 0 Å². The summed E-state index contributed by atoms with van der Waals surface area (Å²) in [6.45, 7) is 1.90. The average Bonchev–Trinajstić information content (AvgIpc) is 2.99. The Balaban J connectivity index is 1.64. The maximum absolute atomic E-state index is 12.5. The predicted molar refractivity (Wildman–Crippen MR) is 96.8 cm³/mol. The molecule has 1 aromatic heterocycles. The van der Waals surface area contributed by atoms with Gasteiger partial charge in [-0.15, -0.1) is 0 Å². The summed E-state index contributed by atoms with van der Waals surface area (Å²) in [7, 11) is 0. The van der Waals surface area contributed by atoms with Gasteiger partial charge in [-0.25, -0.2) is 0 Å². The molecule has 0 aliphatic carbocycles. The number of aromatic amines is 1. The van der Waals surface area contributed by atoms with Gasteiger partial charge in [0.25, 0.3) is 11.8 Å². The fourth-order valence-corrected chi connectivity index (χ4v) is 3.50. The zero-order chi connectivity index (χ0) is 17.3. The molecule has 126 valence electrons. The lowest BCUT2D eigenvalue weighted by atomic mass is 10.1. The van der Waals surface area contributed by atoms with Crippen LogP contribution in [0.1, 0.15) is 20.8 Å². The highest BCUT2D eigenvalue weighted by Crippen LogP contribution is 2.21. The number of halogens is 3. The first-order valence-electron chi connectivity index (χ1n) is 7.32. The molecular formula is C16H14BrCl2N3O2. The van der Waals surface area contributed by atoms with Crippen LogP contribution < -0.4 is 0 Å². The Hall–Kier alpha value is -1.50. The zero-order valence-corrected chi connectivity index (χ0v) is 15.7. The standard InChI is InChI=1S/C16H14BrCl2N3O2/c17-11-7-14(20-9-11)16(24)22-3-1-21(2-4-22)15(23)10-5-12(18)8-13(19)6-10/h5-9,20H,1-4H2. The Morgan fingerprint density at radius 3 is 1.96 bits per heavy atom. The van der Waals surface area contributed by atoms with Gasteiger partial charge >= 0.3 is 0 Å². The number of benzene rings is 1. The van der Waals surface area contributed by atoms with Crippen molar-refractivity contribution in [2.75, 3.05) is 26.2 Å². The molecule has 0 unspecified atom stereocenters. The molecule has 0 saturated carbocycles. The number of H-pyrrole nitrogens is 1. The lowest BCUT2D eigenvalue weighted by Gasteiger charge is -2.34. The van der Waals surface area contributed by atoms with E-state index in [4.69, 9.17) is 23.2 Å². The van der Waals surface area contributed by atoms with Gasteiger partial charge in [0.15, 0.2) is 0 Å². The van der Waals surface area contributed by atoms with Gasteiger partial charge in [-0.3, -0.25) is 9.59 Å². The highest BCUT2D eigenvalue weighted by Gasteiger charge is 2.26. The molecule has 1 aliphatic heterocycles. The molecule has 0 radical (unpaired) electrons. The van der Waals surface area contributed by atoms with Gasteiger partial charge in [0, 0.05) is 52.5 Å². The van der Waals surface area contributed by atoms with E-state index in [9.17, 15) is 9.59 Å². The van der Waals surface area contributed by atoms with Crippen molar-refractivity contribution >= 4 is 50.9 Å². The van der Waals surface area contributed by atoms with E-state index in [1.807, 2.05) is 0 Å². The monoisotopic (exact) mass is 429 g/mol. The minimum Gasteiger partial charge on any atom is -0.356 e. The van der Waals surface area contributed by atoms with Gasteiger partial charge in [-0.2, -0.15) is 0 Å². The van der Waals surface area contributed by atoms with Crippen molar-refractivity contribution < 1.29 is 9.59 Å². The maximum atomic E-state index is 12.5. The first-order valence-corrected chi connectivity index (χ1v) is 8.87. The summed E-state index contributed by atoms with van der Waals surface area (Å²) in [5, 5.41) is 0.856. The summed E-state index contributed by atoms with van der Waals surface area (Å²) in [4.78, 5) is 31.3. The van der Waals surface area contributed by atoms with E-state index in [0.717, 1.165) is 4.47 Å². The molecule has 8 heteroatoms. The molecule has 2 amide bonds. The van der Waals surface area contributed by atoms with E-state index in [1.165, 1.54) is 0 Å². The molecule has 1 aromatic carbocycles. The molecule has 1 N–H and O–H groups in total. The molecule has 5 nitrogen and oxygen atoms in total. The van der Waals surface area contributed by atoms with Gasteiger partial charge in [-0.1, -0.05) is 23.2 Å². The molecule has 0 spiro atoms. The molecule has 0 atom stereocenters. The molecule has 2 heterocycles. The Labute approximate surface area is 157 Å². The number of hydrogen-bond donors (Lipinski definition) is 1. The number of rotatable bonds is 2. The maximum Gasteiger partial charge on any atom is 0.270 e. The number of aromatic nitrogens is 1. The molecule has 2 aromatic rings. The van der Waals surface area contributed by atoms with Crippen LogP contribution in [0.5, 0.6) is 0 Å². The first kappa shape index (κ1) is 17.3. The van der Waals surface area contributed by atoms with Crippen molar-refractivity contribution in [3.8, 4) is 0 Å². The quantitative estimate of drug-likeness (QED) is 0.789. The number of nitrogens with zero attached hydrogens (tertiary/aromatic N) is 2. The Bertz CT molecular complexity index is 765. The summed E-state index contributed by atoms with van der Waals surface area (Å²) < 4.78 is 0.831. The van der Waals surface area contributed by atoms with Gasteiger partial charge in [0.05, 0.1) is 0 Å². The lowest BCUT2D eigenvalue weighted by Crippen LogP contribution is -2.50. The van der Waals surface area contributed by atoms with Crippen LogP contribution in [0.4, 0.5) is 0 Å². The van der Waals surface area contributed by atoms with Gasteiger partial charge < -0.3 is 14.8 Å². The SMILES string of the molecule is O=C(c1cc(Cl)cc(Cl)c1)N1CCN(C(=O)c2cc(Br)c[nH]2)CC1. The molecule has 24 heavy (non-hydrogen) atoms. The molecular weight excluding hydrogens is 417 g/mol. The van der Waals surface area contributed by atoms with Crippen molar-refractivity contribution in [2.45, 2.75) is 0 Å². The molecule has 1 saturated heterocycles. The predicted octanol–water partition coefficient (Wildman–Crippen LogP) is 3.68. The molecule has 0 bridgehead atoms. The van der Waals surface area contributed by atoms with Gasteiger partial charge in [0.1, 0.15) is 5.69 Å². The second-order valence-corrected chi connectivity index (χ2v) is 7.26. The Kier molecular flexibility index (Phi) is 5.18. The number of amides is 2. The minimum absolute atomic E-state index is 0.0707. The Morgan fingerprint density at radius 2 is 1.46 bits per heavy atom. The number of carbonyl (C=O) groups excluding carboxylic acids is 2. The Morgan fingerprint density at radius 1 is 0.917 bits per heavy atom. The largest absolute Gasteiger partial charge is 0.356 e. The summed E-state index contributed by atoms with van der Waals surface area (Å²) >= 11 is 15.2. The van der Waals surface area contributed by atoms with E-state index < -0.39 is 0 Å². The topological polar surface area (TPSA) is 56.4 Å². The van der Waals surface area contributed by atoms with Crippen molar-refractivity contribution in [2.24, 2.45) is 0 Å². The van der Waals surface area contributed by atoms with Crippen molar-refractivity contribution in [1.82, 2.24) is 14.8 Å². The zero-order valence-electron chi connectivity index (χ0n) is 12.6. The highest BCUT2D eigenvalue weighted by atomic mass is 79.9. The van der Waals surface area contributed by atoms with Crippen LogP contribution in [-0.4, -0.2) is 52.8 Å². The number of hydrogen-bond acceptors (Lipinski definition) is 2. The van der Waals surface area contributed by atoms with E-state index in [-0.39, 0.29) is 11.8 Å². The number of nitrogens with one attached hydrogen (secondary N) is 1. The van der Waals surface area contributed by atoms with Crippen LogP contribution >= 0.6 is 39.1 Å². The van der Waals surface area contributed by atoms with Crippen LogP contribution in [0.3, 0.4) is 0 Å². The lowest BCUT2D eigenvalue weighted by molar-refractivity contribution is 0.0532. The summed E-state index contributed by atoms with van der Waals surface area (Å²) in [6, 6.07) is 6.53. The minimum atomic E-state index is -0.130. The van der Waals surface area contributed by atoms with Crippen LogP contribution in [0, 0.1) is 0 Å². The van der Waals surface area contributed by atoms with Gasteiger partial charge in [-0.05, 0) is 40.2 Å². The fourth-order valence-electron chi connectivity index (χ4n) is 2.63. The summed E-state index contributed by atoms with van der Waals surface area (Å²) in [5.74, 6) is -0.201. The van der Waals surface area contributed by atoms with Crippen molar-refractivity contribution in [3.05, 3.63) is 56.2 Å². The van der Waals surface area contributed by atoms with E-state index in [2.05, 4.69) is 20.9 Å². The van der Waals surface area contributed by atoms with Crippen molar-refractivity contribution in [3.63, 3.8) is 0 Å². The number of carbonyl (C=O) groups is 2. The van der Waals surface area contributed by atoms with Crippen LogP contribution in [0.15, 0.2) is 34.9 Å². The number of piperazine rings is 1. The highest BCUT2D eigenvalue weighted by molar-refractivity contribution is 9.10. The third kappa shape index (κ3) is 3.77. The second-order valence-electron chi connectivity index (χ2n) is 5.47. The smallest absolute Gasteiger partial charge is 0.270 e. The van der Waals surface area contributed by atoms with Crippen LogP contribution in [0.25, 0.3) is 0 Å². The normalized spacial score (nSPS) is 14.8. The summed E-state index contributed by atoms with van der Waals surface area (Å²) in [5.41, 5.74) is 0.990. The van der Waals surface area contributed by atoms with E-state index in [1.54, 1.807) is 40.3 Å². The first-order chi connectivity index (χ1) is 11.4. The molecule has 1 aliphatic rings. The summed E-state index contributed by atoms with van der Waals surface area (Å²) in [6.07, 6.45) is 1.72. The third-order valence-corrected chi connectivity index (χ3v) is 4.74.